The Morgan fingerprint density at radius 2 is 1.53 bits per heavy atom. The molecule has 0 unspecified atom stereocenters. The van der Waals surface area contributed by atoms with Crippen LogP contribution in [0.15, 0.2) is 76.5 Å². The van der Waals surface area contributed by atoms with Gasteiger partial charge in [-0.05, 0) is 85.4 Å². The SMILES string of the molecule is COc1ccc(NS(=O)(=O)c2cc(C)ccc2NC(=S)Nc2ccc(S(=O)(=O)N3CCOCC3)cc2)cc1. The summed E-state index contributed by atoms with van der Waals surface area (Å²) in [6.07, 6.45) is 0. The number of nitrogens with one attached hydrogen (secondary N) is 3. The molecule has 10 nitrogen and oxygen atoms in total. The lowest BCUT2D eigenvalue weighted by Gasteiger charge is -2.26. The fraction of sp³-hybridized carbons (Fsp3) is 0.240. The van der Waals surface area contributed by atoms with Crippen LogP contribution in [0.3, 0.4) is 0 Å². The number of aryl methyl sites for hydroxylation is 1. The molecule has 0 aliphatic carbocycles. The van der Waals surface area contributed by atoms with Gasteiger partial charge >= 0.3 is 0 Å². The third kappa shape index (κ3) is 6.60. The second kappa shape index (κ2) is 11.7. The van der Waals surface area contributed by atoms with Gasteiger partial charge in [-0.3, -0.25) is 4.72 Å². The molecule has 3 aromatic rings. The van der Waals surface area contributed by atoms with E-state index in [2.05, 4.69) is 15.4 Å². The third-order valence-electron chi connectivity index (χ3n) is 5.74. The smallest absolute Gasteiger partial charge is 0.263 e. The highest BCUT2D eigenvalue weighted by molar-refractivity contribution is 7.93. The molecular formula is C25H28N4O6S3. The van der Waals surface area contributed by atoms with Crippen molar-refractivity contribution in [1.82, 2.24) is 4.31 Å². The normalized spacial score (nSPS) is 14.5. The number of anilines is 3. The quantitative estimate of drug-likeness (QED) is 0.345. The fourth-order valence-corrected chi connectivity index (χ4v) is 6.70. The van der Waals surface area contributed by atoms with E-state index in [0.717, 1.165) is 5.56 Å². The van der Waals surface area contributed by atoms with Gasteiger partial charge in [-0.25, -0.2) is 16.8 Å². The summed E-state index contributed by atoms with van der Waals surface area (Å²) >= 11 is 5.41. The molecule has 0 saturated carbocycles. The van der Waals surface area contributed by atoms with Crippen LogP contribution in [0.5, 0.6) is 5.75 Å². The van der Waals surface area contributed by atoms with Gasteiger partial charge in [-0.15, -0.1) is 0 Å². The van der Waals surface area contributed by atoms with Crippen molar-refractivity contribution in [2.75, 3.05) is 48.8 Å². The molecule has 38 heavy (non-hydrogen) atoms. The minimum absolute atomic E-state index is 0.0180. The van der Waals surface area contributed by atoms with Crippen molar-refractivity contribution in [3.05, 3.63) is 72.3 Å². The average molecular weight is 577 g/mol. The van der Waals surface area contributed by atoms with E-state index in [9.17, 15) is 16.8 Å². The first-order chi connectivity index (χ1) is 18.1. The van der Waals surface area contributed by atoms with Gasteiger partial charge in [0.25, 0.3) is 10.0 Å². The molecule has 0 atom stereocenters. The first-order valence-electron chi connectivity index (χ1n) is 11.6. The lowest BCUT2D eigenvalue weighted by molar-refractivity contribution is 0.0730. The van der Waals surface area contributed by atoms with E-state index >= 15 is 0 Å². The number of morpholine rings is 1. The van der Waals surface area contributed by atoms with E-state index in [1.165, 1.54) is 23.5 Å². The topological polar surface area (TPSA) is 126 Å². The standard InChI is InChI=1S/C25H28N4O6S3/c1-18-3-12-23(24(17-18)37(30,31)28-20-4-8-21(34-2)9-5-20)27-25(36)26-19-6-10-22(11-7-19)38(32,33)29-13-15-35-16-14-29/h3-12,17,28H,13-16H2,1-2H3,(H2,26,27,36). The summed E-state index contributed by atoms with van der Waals surface area (Å²) in [6.45, 7) is 3.15. The number of thiocarbonyl (C=S) groups is 1. The maximum absolute atomic E-state index is 13.2. The van der Waals surface area contributed by atoms with Crippen LogP contribution in [-0.2, 0) is 24.8 Å². The summed E-state index contributed by atoms with van der Waals surface area (Å²) in [4.78, 5) is 0.185. The van der Waals surface area contributed by atoms with Crippen molar-refractivity contribution in [3.63, 3.8) is 0 Å². The Hall–Kier alpha value is -3.23. The second-order valence-corrected chi connectivity index (χ2v) is 12.5. The van der Waals surface area contributed by atoms with E-state index in [0.29, 0.717) is 43.4 Å². The van der Waals surface area contributed by atoms with Crippen molar-refractivity contribution in [2.45, 2.75) is 16.7 Å². The molecule has 3 aromatic carbocycles. The first-order valence-corrected chi connectivity index (χ1v) is 15.0. The third-order valence-corrected chi connectivity index (χ3v) is 9.28. The maximum Gasteiger partial charge on any atom is 0.263 e. The van der Waals surface area contributed by atoms with Crippen LogP contribution in [0.1, 0.15) is 5.56 Å². The zero-order valence-electron chi connectivity index (χ0n) is 20.8. The number of hydrogen-bond donors (Lipinski definition) is 3. The highest BCUT2D eigenvalue weighted by Gasteiger charge is 2.26. The zero-order valence-corrected chi connectivity index (χ0v) is 23.3. The molecule has 1 aliphatic rings. The summed E-state index contributed by atoms with van der Waals surface area (Å²) in [6, 6.07) is 17.6. The van der Waals surface area contributed by atoms with Gasteiger partial charge in [0.2, 0.25) is 10.0 Å². The summed E-state index contributed by atoms with van der Waals surface area (Å²) in [7, 11) is -6.04. The Balaban J connectivity index is 1.47. The van der Waals surface area contributed by atoms with Crippen LogP contribution in [0, 0.1) is 6.92 Å². The van der Waals surface area contributed by atoms with Gasteiger partial charge < -0.3 is 20.1 Å². The maximum atomic E-state index is 13.2. The first kappa shape index (κ1) is 27.8. The molecule has 0 radical (unpaired) electrons. The van der Waals surface area contributed by atoms with Crippen molar-refractivity contribution in [3.8, 4) is 5.75 Å². The molecule has 202 valence electrons. The molecule has 1 heterocycles. The highest BCUT2D eigenvalue weighted by Crippen LogP contribution is 2.27. The van der Waals surface area contributed by atoms with E-state index in [1.54, 1.807) is 61.5 Å². The Morgan fingerprint density at radius 1 is 0.895 bits per heavy atom. The Kier molecular flexibility index (Phi) is 8.53. The number of benzene rings is 3. The minimum Gasteiger partial charge on any atom is -0.497 e. The van der Waals surface area contributed by atoms with Gasteiger partial charge in [0.1, 0.15) is 10.6 Å². The summed E-state index contributed by atoms with van der Waals surface area (Å²) in [5.74, 6) is 0.606. The summed E-state index contributed by atoms with van der Waals surface area (Å²) < 4.78 is 66.4. The second-order valence-electron chi connectivity index (χ2n) is 8.45. The molecule has 0 amide bonds. The van der Waals surface area contributed by atoms with Gasteiger partial charge in [0.15, 0.2) is 5.11 Å². The average Bonchev–Trinajstić information content (AvgIpc) is 2.90. The monoisotopic (exact) mass is 576 g/mol. The highest BCUT2D eigenvalue weighted by atomic mass is 32.2. The van der Waals surface area contributed by atoms with Crippen molar-refractivity contribution in [1.29, 1.82) is 0 Å². The Bertz CT molecular complexity index is 1500. The number of nitrogens with zero attached hydrogens (tertiary/aromatic N) is 1. The van der Waals surface area contributed by atoms with Gasteiger partial charge in [-0.1, -0.05) is 6.07 Å². The molecule has 1 aliphatic heterocycles. The number of sulfonamides is 2. The number of rotatable bonds is 8. The lowest BCUT2D eigenvalue weighted by Crippen LogP contribution is -2.40. The zero-order chi connectivity index (χ0) is 27.3. The lowest BCUT2D eigenvalue weighted by atomic mass is 10.2. The fourth-order valence-electron chi connectivity index (χ4n) is 3.76. The molecule has 1 fully saturated rings. The molecule has 3 N–H and O–H groups in total. The van der Waals surface area contributed by atoms with E-state index in [4.69, 9.17) is 21.7 Å². The predicted octanol–water partition coefficient (Wildman–Crippen LogP) is 3.63. The number of hydrogen-bond acceptors (Lipinski definition) is 7. The minimum atomic E-state index is -3.96. The molecule has 4 rings (SSSR count). The van der Waals surface area contributed by atoms with Crippen LogP contribution in [0.4, 0.5) is 17.1 Å². The van der Waals surface area contributed by atoms with Gasteiger partial charge in [0, 0.05) is 24.5 Å². The Morgan fingerprint density at radius 3 is 2.16 bits per heavy atom. The largest absolute Gasteiger partial charge is 0.497 e. The van der Waals surface area contributed by atoms with Crippen molar-refractivity contribution in [2.24, 2.45) is 0 Å². The van der Waals surface area contributed by atoms with Crippen LogP contribution >= 0.6 is 12.2 Å². The number of ether oxygens (including phenoxy) is 2. The molecule has 0 bridgehead atoms. The number of methoxy groups -OCH3 is 1. The Labute approximate surface area is 228 Å². The van der Waals surface area contributed by atoms with Crippen molar-refractivity contribution >= 4 is 54.4 Å². The van der Waals surface area contributed by atoms with E-state index in [-0.39, 0.29) is 20.6 Å². The molecule has 0 spiro atoms. The molecule has 0 aromatic heterocycles. The molecule has 13 heteroatoms. The van der Waals surface area contributed by atoms with Crippen molar-refractivity contribution < 1.29 is 26.3 Å². The van der Waals surface area contributed by atoms with E-state index < -0.39 is 20.0 Å². The van der Waals surface area contributed by atoms with E-state index in [1.807, 2.05) is 0 Å². The van der Waals surface area contributed by atoms with Crippen LogP contribution in [0.25, 0.3) is 0 Å². The van der Waals surface area contributed by atoms with Gasteiger partial charge in [0.05, 0.1) is 30.9 Å². The van der Waals surface area contributed by atoms with Crippen LogP contribution in [0.2, 0.25) is 0 Å². The predicted molar refractivity (Wildman–Crippen MR) is 151 cm³/mol. The van der Waals surface area contributed by atoms with Crippen LogP contribution < -0.4 is 20.1 Å². The summed E-state index contributed by atoms with van der Waals surface area (Å²) in [5, 5.41) is 6.04. The summed E-state index contributed by atoms with van der Waals surface area (Å²) in [5.41, 5.74) is 1.95. The van der Waals surface area contributed by atoms with Crippen LogP contribution in [-0.4, -0.2) is 59.7 Å². The molecular weight excluding hydrogens is 548 g/mol. The molecule has 1 saturated heterocycles. The van der Waals surface area contributed by atoms with Gasteiger partial charge in [-0.2, -0.15) is 4.31 Å².